The summed E-state index contributed by atoms with van der Waals surface area (Å²) in [6, 6.07) is 3.57. The van der Waals surface area contributed by atoms with Gasteiger partial charge in [0.15, 0.2) is 0 Å². The molecule has 1 rings (SSSR count). The Bertz CT molecular complexity index is 246. The zero-order valence-electron chi connectivity index (χ0n) is 6.32. The van der Waals surface area contributed by atoms with E-state index in [0.29, 0.717) is 0 Å². The van der Waals surface area contributed by atoms with E-state index >= 15 is 0 Å². The van der Waals surface area contributed by atoms with Crippen LogP contribution in [0.5, 0.6) is 0 Å². The van der Waals surface area contributed by atoms with E-state index in [2.05, 4.69) is 4.98 Å². The van der Waals surface area contributed by atoms with E-state index in [-0.39, 0.29) is 11.8 Å². The van der Waals surface area contributed by atoms with E-state index in [1.54, 1.807) is 31.5 Å². The van der Waals surface area contributed by atoms with Crippen molar-refractivity contribution in [3.63, 3.8) is 0 Å². The molecule has 0 aliphatic rings. The minimum atomic E-state index is -0.309. The van der Waals surface area contributed by atoms with Crippen LogP contribution in [0.2, 0.25) is 0 Å². The Morgan fingerprint density at radius 1 is 1.55 bits per heavy atom. The molecule has 1 atom stereocenters. The molecule has 0 bridgehead atoms. The Morgan fingerprint density at radius 3 is 2.55 bits per heavy atom. The molecule has 0 fully saturated rings. The maximum atomic E-state index is 10.7. The average Bonchev–Trinajstić information content (AvgIpc) is 2.05. The van der Waals surface area contributed by atoms with Gasteiger partial charge in [-0.2, -0.15) is 0 Å². The summed E-state index contributed by atoms with van der Waals surface area (Å²) in [5.41, 5.74) is 6.02. The highest BCUT2D eigenvalue weighted by atomic mass is 16.1. The second-order valence-electron chi connectivity index (χ2n) is 2.40. The summed E-state index contributed by atoms with van der Waals surface area (Å²) in [4.78, 5) is 14.5. The molecule has 1 aromatic rings. The molecular weight excluding hydrogens is 140 g/mol. The zero-order chi connectivity index (χ0) is 8.27. The Balaban J connectivity index is 2.85. The minimum absolute atomic E-state index is 0.224. The summed E-state index contributed by atoms with van der Waals surface area (Å²) < 4.78 is 0. The van der Waals surface area contributed by atoms with Gasteiger partial charge in [0, 0.05) is 12.4 Å². The molecule has 1 heterocycles. The molecule has 0 radical (unpaired) electrons. The van der Waals surface area contributed by atoms with Gasteiger partial charge < -0.3 is 5.73 Å². The molecule has 1 amide bonds. The molecule has 0 aromatic carbocycles. The predicted octanol–water partition coefficient (Wildman–Crippen LogP) is 0.670. The highest BCUT2D eigenvalue weighted by Gasteiger charge is 2.09. The van der Waals surface area contributed by atoms with Gasteiger partial charge in [0.2, 0.25) is 5.91 Å². The Morgan fingerprint density at radius 2 is 2.09 bits per heavy atom. The molecule has 0 saturated heterocycles. The number of carbonyl (C=O) groups excluding carboxylic acids is 1. The van der Waals surface area contributed by atoms with Gasteiger partial charge in [-0.1, -0.05) is 0 Å². The van der Waals surface area contributed by atoms with Crippen molar-refractivity contribution >= 4 is 5.91 Å². The van der Waals surface area contributed by atoms with Gasteiger partial charge in [0.1, 0.15) is 0 Å². The van der Waals surface area contributed by atoms with Crippen LogP contribution in [0.1, 0.15) is 18.4 Å². The lowest BCUT2D eigenvalue weighted by Crippen LogP contribution is -2.18. The summed E-state index contributed by atoms with van der Waals surface area (Å²) in [6.07, 6.45) is 3.30. The fourth-order valence-electron chi connectivity index (χ4n) is 0.816. The van der Waals surface area contributed by atoms with Crippen molar-refractivity contribution in [2.45, 2.75) is 12.8 Å². The molecule has 1 unspecified atom stereocenters. The monoisotopic (exact) mass is 150 g/mol. The van der Waals surface area contributed by atoms with Gasteiger partial charge in [-0.3, -0.25) is 9.78 Å². The Hall–Kier alpha value is -1.38. The van der Waals surface area contributed by atoms with Crippen LogP contribution in [0.15, 0.2) is 24.5 Å². The van der Waals surface area contributed by atoms with Crippen LogP contribution in [0.25, 0.3) is 0 Å². The number of hydrogen-bond donors (Lipinski definition) is 1. The number of nitrogens with two attached hydrogens (primary N) is 1. The highest BCUT2D eigenvalue weighted by molar-refractivity contribution is 5.81. The van der Waals surface area contributed by atoms with E-state index in [0.717, 1.165) is 5.56 Å². The molecule has 0 saturated carbocycles. The third-order valence-corrected chi connectivity index (χ3v) is 1.63. The second-order valence-corrected chi connectivity index (χ2v) is 2.40. The summed E-state index contributed by atoms with van der Waals surface area (Å²) in [7, 11) is 0. The van der Waals surface area contributed by atoms with Crippen LogP contribution in [0.3, 0.4) is 0 Å². The normalized spacial score (nSPS) is 12.5. The van der Waals surface area contributed by atoms with Crippen molar-refractivity contribution in [3.05, 3.63) is 30.1 Å². The second kappa shape index (κ2) is 3.14. The van der Waals surface area contributed by atoms with Crippen molar-refractivity contribution < 1.29 is 4.79 Å². The first-order valence-corrected chi connectivity index (χ1v) is 3.41. The summed E-state index contributed by atoms with van der Waals surface area (Å²) in [5.74, 6) is -0.533. The Kier molecular flexibility index (Phi) is 2.21. The van der Waals surface area contributed by atoms with E-state index in [1.807, 2.05) is 0 Å². The van der Waals surface area contributed by atoms with Gasteiger partial charge in [-0.05, 0) is 24.6 Å². The maximum absolute atomic E-state index is 10.7. The van der Waals surface area contributed by atoms with Gasteiger partial charge in [-0.15, -0.1) is 0 Å². The standard InChI is InChI=1S/C8H10N2O/c1-6(8(9)11)7-2-4-10-5-3-7/h2-6H,1H3,(H2,9,11). The molecule has 3 nitrogen and oxygen atoms in total. The van der Waals surface area contributed by atoms with Crippen LogP contribution < -0.4 is 5.73 Å². The van der Waals surface area contributed by atoms with Gasteiger partial charge in [0.05, 0.1) is 5.92 Å². The van der Waals surface area contributed by atoms with Crippen LogP contribution in [0, 0.1) is 0 Å². The number of hydrogen-bond acceptors (Lipinski definition) is 2. The van der Waals surface area contributed by atoms with Crippen LogP contribution in [0.4, 0.5) is 0 Å². The first-order valence-electron chi connectivity index (χ1n) is 3.41. The lowest BCUT2D eigenvalue weighted by molar-refractivity contribution is -0.119. The first kappa shape index (κ1) is 7.72. The summed E-state index contributed by atoms with van der Waals surface area (Å²) in [6.45, 7) is 1.78. The lowest BCUT2D eigenvalue weighted by atomic mass is 10.0. The van der Waals surface area contributed by atoms with Crippen molar-refractivity contribution in [1.29, 1.82) is 0 Å². The number of aromatic nitrogens is 1. The molecule has 58 valence electrons. The largest absolute Gasteiger partial charge is 0.369 e. The smallest absolute Gasteiger partial charge is 0.224 e. The van der Waals surface area contributed by atoms with Crippen molar-refractivity contribution in [3.8, 4) is 0 Å². The SMILES string of the molecule is CC(C(N)=O)c1ccncc1. The first-order chi connectivity index (χ1) is 5.22. The van der Waals surface area contributed by atoms with Crippen LogP contribution >= 0.6 is 0 Å². The van der Waals surface area contributed by atoms with E-state index in [9.17, 15) is 4.79 Å². The fourth-order valence-corrected chi connectivity index (χ4v) is 0.816. The number of amides is 1. The molecule has 2 N–H and O–H groups in total. The predicted molar refractivity (Wildman–Crippen MR) is 41.8 cm³/mol. The Labute approximate surface area is 65.2 Å². The van der Waals surface area contributed by atoms with Crippen LogP contribution in [-0.4, -0.2) is 10.9 Å². The zero-order valence-corrected chi connectivity index (χ0v) is 6.32. The fraction of sp³-hybridized carbons (Fsp3) is 0.250. The molecule has 3 heteroatoms. The minimum Gasteiger partial charge on any atom is -0.369 e. The average molecular weight is 150 g/mol. The van der Waals surface area contributed by atoms with Crippen molar-refractivity contribution in [1.82, 2.24) is 4.98 Å². The third kappa shape index (κ3) is 1.77. The number of rotatable bonds is 2. The quantitative estimate of drug-likeness (QED) is 0.673. The third-order valence-electron chi connectivity index (χ3n) is 1.63. The summed E-state index contributed by atoms with van der Waals surface area (Å²) in [5, 5.41) is 0. The molecule has 0 spiro atoms. The lowest BCUT2D eigenvalue weighted by Gasteiger charge is -2.05. The van der Waals surface area contributed by atoms with Crippen molar-refractivity contribution in [2.75, 3.05) is 0 Å². The molecule has 11 heavy (non-hydrogen) atoms. The molecule has 0 aliphatic carbocycles. The number of carbonyl (C=O) groups is 1. The number of primary amides is 1. The molecule has 1 aromatic heterocycles. The topological polar surface area (TPSA) is 56.0 Å². The molecular formula is C8H10N2O. The van der Waals surface area contributed by atoms with E-state index in [1.165, 1.54) is 0 Å². The van der Waals surface area contributed by atoms with Crippen LogP contribution in [-0.2, 0) is 4.79 Å². The summed E-state index contributed by atoms with van der Waals surface area (Å²) >= 11 is 0. The number of pyridine rings is 1. The molecule has 0 aliphatic heterocycles. The van der Waals surface area contributed by atoms with E-state index in [4.69, 9.17) is 5.73 Å². The van der Waals surface area contributed by atoms with Crippen molar-refractivity contribution in [2.24, 2.45) is 5.73 Å². The number of nitrogens with zero attached hydrogens (tertiary/aromatic N) is 1. The highest BCUT2D eigenvalue weighted by Crippen LogP contribution is 2.11. The van der Waals surface area contributed by atoms with Gasteiger partial charge >= 0.3 is 0 Å². The van der Waals surface area contributed by atoms with Gasteiger partial charge in [-0.25, -0.2) is 0 Å². The van der Waals surface area contributed by atoms with Gasteiger partial charge in [0.25, 0.3) is 0 Å². The maximum Gasteiger partial charge on any atom is 0.224 e. The van der Waals surface area contributed by atoms with E-state index < -0.39 is 0 Å².